The zero-order valence-corrected chi connectivity index (χ0v) is 17.6. The second-order valence-corrected chi connectivity index (χ2v) is 7.46. The van der Waals surface area contributed by atoms with Crippen LogP contribution in [0.3, 0.4) is 0 Å². The average molecular weight is 416 g/mol. The van der Waals surface area contributed by atoms with E-state index in [1.54, 1.807) is 43.1 Å². The fourth-order valence-corrected chi connectivity index (χ4v) is 3.70. The molecule has 0 bridgehead atoms. The fraction of sp³-hybridized carbons (Fsp3) is 0.125. The van der Waals surface area contributed by atoms with Crippen molar-refractivity contribution in [3.63, 3.8) is 0 Å². The van der Waals surface area contributed by atoms with Gasteiger partial charge in [0.05, 0.1) is 23.9 Å². The standard InChI is InChI=1S/C24H21N3O2S/c1-27(16-23(28)26-21-13-7-8-14-22(21)30-2)24(29)20-12-6-5-11-19(20)18-10-4-3-9-17(18)15-25/h3-14H,16H2,1-2H3,(H,26,28). The van der Waals surface area contributed by atoms with Crippen LogP contribution in [0.1, 0.15) is 15.9 Å². The van der Waals surface area contributed by atoms with E-state index in [4.69, 9.17) is 0 Å². The van der Waals surface area contributed by atoms with Gasteiger partial charge in [0.1, 0.15) is 0 Å². The monoisotopic (exact) mass is 415 g/mol. The van der Waals surface area contributed by atoms with Crippen molar-refractivity contribution in [1.29, 1.82) is 5.26 Å². The first-order chi connectivity index (χ1) is 14.5. The summed E-state index contributed by atoms with van der Waals surface area (Å²) in [5, 5.41) is 12.3. The summed E-state index contributed by atoms with van der Waals surface area (Å²) in [5.74, 6) is -0.561. The van der Waals surface area contributed by atoms with Crippen molar-refractivity contribution in [3.05, 3.63) is 83.9 Å². The second kappa shape index (κ2) is 9.77. The molecule has 0 aromatic heterocycles. The van der Waals surface area contributed by atoms with Crippen LogP contribution in [0.5, 0.6) is 0 Å². The molecule has 5 nitrogen and oxygen atoms in total. The minimum Gasteiger partial charge on any atom is -0.332 e. The van der Waals surface area contributed by atoms with Crippen LogP contribution in [-0.2, 0) is 4.79 Å². The maximum Gasteiger partial charge on any atom is 0.254 e. The summed E-state index contributed by atoms with van der Waals surface area (Å²) < 4.78 is 0. The summed E-state index contributed by atoms with van der Waals surface area (Å²) in [4.78, 5) is 28.0. The van der Waals surface area contributed by atoms with Crippen LogP contribution in [0.15, 0.2) is 77.7 Å². The van der Waals surface area contributed by atoms with Crippen molar-refractivity contribution in [1.82, 2.24) is 4.90 Å². The van der Waals surface area contributed by atoms with Gasteiger partial charge in [-0.05, 0) is 36.1 Å². The zero-order valence-electron chi connectivity index (χ0n) is 16.8. The minimum atomic E-state index is -0.286. The quantitative estimate of drug-likeness (QED) is 0.595. The van der Waals surface area contributed by atoms with Gasteiger partial charge in [-0.15, -0.1) is 11.8 Å². The van der Waals surface area contributed by atoms with Crippen molar-refractivity contribution in [2.45, 2.75) is 4.90 Å². The molecule has 0 atom stereocenters. The number of carbonyl (C=O) groups excluding carboxylic acids is 2. The molecule has 3 aromatic carbocycles. The number of anilines is 1. The van der Waals surface area contributed by atoms with E-state index in [1.807, 2.05) is 54.8 Å². The lowest BCUT2D eigenvalue weighted by Gasteiger charge is -2.19. The maximum atomic E-state index is 13.1. The fourth-order valence-electron chi connectivity index (χ4n) is 3.15. The average Bonchev–Trinajstić information content (AvgIpc) is 2.78. The van der Waals surface area contributed by atoms with Gasteiger partial charge in [0.2, 0.25) is 5.91 Å². The number of nitriles is 1. The molecule has 0 aliphatic rings. The predicted octanol–water partition coefficient (Wildman–Crippen LogP) is 4.66. The third kappa shape index (κ3) is 4.70. The Morgan fingerprint density at radius 1 is 0.967 bits per heavy atom. The van der Waals surface area contributed by atoms with Gasteiger partial charge in [-0.25, -0.2) is 0 Å². The Bertz CT molecular complexity index is 1120. The molecule has 3 rings (SSSR count). The molecule has 1 N–H and O–H groups in total. The Morgan fingerprint density at radius 2 is 1.60 bits per heavy atom. The molecule has 6 heteroatoms. The lowest BCUT2D eigenvalue weighted by atomic mass is 9.95. The third-order valence-electron chi connectivity index (χ3n) is 4.60. The first-order valence-electron chi connectivity index (χ1n) is 9.32. The summed E-state index contributed by atoms with van der Waals surface area (Å²) in [5.41, 5.74) is 3.02. The number of nitrogens with zero attached hydrogens (tertiary/aromatic N) is 2. The Morgan fingerprint density at radius 3 is 2.33 bits per heavy atom. The number of benzene rings is 3. The van der Waals surface area contributed by atoms with E-state index in [0.717, 1.165) is 10.6 Å². The molecule has 3 aromatic rings. The molecule has 0 heterocycles. The van der Waals surface area contributed by atoms with E-state index in [2.05, 4.69) is 11.4 Å². The molecular weight excluding hydrogens is 394 g/mol. The first-order valence-corrected chi connectivity index (χ1v) is 10.5. The van der Waals surface area contributed by atoms with E-state index in [0.29, 0.717) is 22.3 Å². The molecule has 0 fully saturated rings. The van der Waals surface area contributed by atoms with Gasteiger partial charge >= 0.3 is 0 Å². The smallest absolute Gasteiger partial charge is 0.254 e. The number of thioether (sulfide) groups is 1. The number of likely N-dealkylation sites (N-methyl/N-ethyl adjacent to an activating group) is 1. The summed E-state index contributed by atoms with van der Waals surface area (Å²) in [6, 6.07) is 24.0. The van der Waals surface area contributed by atoms with E-state index in [1.165, 1.54) is 4.90 Å². The van der Waals surface area contributed by atoms with E-state index >= 15 is 0 Å². The second-order valence-electron chi connectivity index (χ2n) is 6.61. The molecule has 0 saturated heterocycles. The Kier molecular flexibility index (Phi) is 6.89. The maximum absolute atomic E-state index is 13.1. The first kappa shape index (κ1) is 21.2. The van der Waals surface area contributed by atoms with Crippen molar-refractivity contribution < 1.29 is 9.59 Å². The molecule has 150 valence electrons. The molecule has 0 aliphatic heterocycles. The van der Waals surface area contributed by atoms with Crippen molar-refractivity contribution in [3.8, 4) is 17.2 Å². The summed E-state index contributed by atoms with van der Waals surface area (Å²) in [6.07, 6.45) is 1.94. The van der Waals surface area contributed by atoms with Crippen LogP contribution in [0.25, 0.3) is 11.1 Å². The largest absolute Gasteiger partial charge is 0.332 e. The van der Waals surface area contributed by atoms with Gasteiger partial charge in [0, 0.05) is 23.1 Å². The van der Waals surface area contributed by atoms with Gasteiger partial charge in [-0.3, -0.25) is 9.59 Å². The van der Waals surface area contributed by atoms with E-state index in [-0.39, 0.29) is 18.4 Å². The number of amides is 2. The number of carbonyl (C=O) groups is 2. The zero-order chi connectivity index (χ0) is 21.5. The molecule has 0 saturated carbocycles. The van der Waals surface area contributed by atoms with Crippen molar-refractivity contribution in [2.24, 2.45) is 0 Å². The Labute approximate surface area is 180 Å². The summed E-state index contributed by atoms with van der Waals surface area (Å²) >= 11 is 1.54. The number of para-hydroxylation sites is 1. The highest BCUT2D eigenvalue weighted by atomic mass is 32.2. The SMILES string of the molecule is CSc1ccccc1NC(=O)CN(C)C(=O)c1ccccc1-c1ccccc1C#N. The normalized spacial score (nSPS) is 10.2. The van der Waals surface area contributed by atoms with Crippen LogP contribution in [0.4, 0.5) is 5.69 Å². The summed E-state index contributed by atoms with van der Waals surface area (Å²) in [6.45, 7) is -0.0875. The Balaban J connectivity index is 1.80. The lowest BCUT2D eigenvalue weighted by Crippen LogP contribution is -2.35. The molecule has 0 aliphatic carbocycles. The van der Waals surface area contributed by atoms with Gasteiger partial charge in [0.15, 0.2) is 0 Å². The van der Waals surface area contributed by atoms with Crippen molar-refractivity contribution >= 4 is 29.3 Å². The van der Waals surface area contributed by atoms with E-state index < -0.39 is 0 Å². The molecule has 30 heavy (non-hydrogen) atoms. The predicted molar refractivity (Wildman–Crippen MR) is 120 cm³/mol. The molecule has 2 amide bonds. The van der Waals surface area contributed by atoms with Gasteiger partial charge in [-0.2, -0.15) is 5.26 Å². The molecular formula is C24H21N3O2S. The van der Waals surface area contributed by atoms with Crippen LogP contribution >= 0.6 is 11.8 Å². The minimum absolute atomic E-state index is 0.0875. The topological polar surface area (TPSA) is 73.2 Å². The third-order valence-corrected chi connectivity index (χ3v) is 5.40. The molecule has 0 unspecified atom stereocenters. The highest BCUT2D eigenvalue weighted by Crippen LogP contribution is 2.28. The van der Waals surface area contributed by atoms with Gasteiger partial charge in [0.25, 0.3) is 5.91 Å². The molecule has 0 spiro atoms. The van der Waals surface area contributed by atoms with Crippen LogP contribution in [0, 0.1) is 11.3 Å². The lowest BCUT2D eigenvalue weighted by molar-refractivity contribution is -0.116. The number of rotatable bonds is 6. The highest BCUT2D eigenvalue weighted by molar-refractivity contribution is 7.98. The van der Waals surface area contributed by atoms with Crippen LogP contribution in [0.2, 0.25) is 0 Å². The Hall–Kier alpha value is -3.56. The van der Waals surface area contributed by atoms with Crippen LogP contribution in [-0.4, -0.2) is 36.6 Å². The van der Waals surface area contributed by atoms with Gasteiger partial charge in [-0.1, -0.05) is 48.5 Å². The highest BCUT2D eigenvalue weighted by Gasteiger charge is 2.20. The summed E-state index contributed by atoms with van der Waals surface area (Å²) in [7, 11) is 1.59. The van der Waals surface area contributed by atoms with Crippen LogP contribution < -0.4 is 5.32 Å². The number of nitrogens with one attached hydrogen (secondary N) is 1. The molecule has 0 radical (unpaired) electrons. The van der Waals surface area contributed by atoms with Gasteiger partial charge < -0.3 is 10.2 Å². The number of hydrogen-bond acceptors (Lipinski definition) is 4. The van der Waals surface area contributed by atoms with Crippen molar-refractivity contribution in [2.75, 3.05) is 25.2 Å². The number of hydrogen-bond donors (Lipinski definition) is 1. The van der Waals surface area contributed by atoms with E-state index in [9.17, 15) is 14.9 Å².